The highest BCUT2D eigenvalue weighted by Crippen LogP contribution is 2.43. The first-order valence-electron chi connectivity index (χ1n) is 12.2. The summed E-state index contributed by atoms with van der Waals surface area (Å²) in [5.74, 6) is 0.140. The maximum atomic E-state index is 11.9. The monoisotopic (exact) mass is 526 g/mol. The number of benzene rings is 2. The number of carbonyl (C=O) groups is 2. The average Bonchev–Trinajstić information content (AvgIpc) is 3.55. The Morgan fingerprint density at radius 1 is 1.11 bits per heavy atom. The number of aromatic nitrogens is 1. The van der Waals surface area contributed by atoms with Gasteiger partial charge in [-0.05, 0) is 79.3 Å². The lowest BCUT2D eigenvalue weighted by atomic mass is 10.0. The third-order valence-corrected chi connectivity index (χ3v) is 6.81. The molecule has 0 unspecified atom stereocenters. The highest BCUT2D eigenvalue weighted by atomic mass is 32.1. The fourth-order valence-corrected chi connectivity index (χ4v) is 4.92. The van der Waals surface area contributed by atoms with Crippen molar-refractivity contribution in [2.75, 3.05) is 10.2 Å². The fraction of sp³-hybridized carbons (Fsp3) is 0.172. The summed E-state index contributed by atoms with van der Waals surface area (Å²) < 4.78 is 6.34. The zero-order valence-electron chi connectivity index (χ0n) is 20.8. The normalized spacial score (nSPS) is 16.8. The Morgan fingerprint density at radius 3 is 2.66 bits per heavy atom. The number of carbonyl (C=O) groups excluding carboxylic acids is 1. The van der Waals surface area contributed by atoms with E-state index in [1.165, 1.54) is 0 Å². The zero-order chi connectivity index (χ0) is 26.8. The summed E-state index contributed by atoms with van der Waals surface area (Å²) in [4.78, 5) is 30.0. The SMILES string of the molecule is CCC(=O)Nc1ccc(N2C(=S)N[C@@H](c3ccccn3)[C@@H]2c2ccc(-c3cccc(C(=O)O)c3)o2)cc1C. The van der Waals surface area contributed by atoms with Crippen LogP contribution in [0.5, 0.6) is 0 Å². The van der Waals surface area contributed by atoms with Crippen molar-refractivity contribution in [1.82, 2.24) is 10.3 Å². The lowest BCUT2D eigenvalue weighted by Gasteiger charge is -2.26. The second-order valence-electron chi connectivity index (χ2n) is 8.99. The average molecular weight is 527 g/mol. The number of pyridine rings is 1. The number of nitrogens with one attached hydrogen (secondary N) is 2. The Hall–Kier alpha value is -4.50. The molecule has 2 aromatic carbocycles. The van der Waals surface area contributed by atoms with Crippen LogP contribution in [0, 0.1) is 6.92 Å². The first-order valence-corrected chi connectivity index (χ1v) is 12.6. The molecule has 8 nitrogen and oxygen atoms in total. The Morgan fingerprint density at radius 2 is 1.95 bits per heavy atom. The molecule has 3 N–H and O–H groups in total. The van der Waals surface area contributed by atoms with Crippen LogP contribution in [-0.4, -0.2) is 27.1 Å². The minimum absolute atomic E-state index is 0.0533. The van der Waals surface area contributed by atoms with Gasteiger partial charge in [0.1, 0.15) is 17.6 Å². The van der Waals surface area contributed by atoms with Gasteiger partial charge >= 0.3 is 5.97 Å². The molecule has 1 aliphatic heterocycles. The molecule has 1 fully saturated rings. The van der Waals surface area contributed by atoms with Crippen LogP contribution >= 0.6 is 12.2 Å². The number of amides is 1. The highest BCUT2D eigenvalue weighted by Gasteiger charge is 2.42. The third kappa shape index (κ3) is 4.88. The van der Waals surface area contributed by atoms with Gasteiger partial charge in [-0.15, -0.1) is 0 Å². The largest absolute Gasteiger partial charge is 0.478 e. The molecule has 9 heteroatoms. The van der Waals surface area contributed by atoms with Crippen molar-refractivity contribution in [1.29, 1.82) is 0 Å². The lowest BCUT2D eigenvalue weighted by molar-refractivity contribution is -0.115. The number of rotatable bonds is 7. The minimum atomic E-state index is -1.00. The molecule has 3 heterocycles. The van der Waals surface area contributed by atoms with Gasteiger partial charge in [-0.25, -0.2) is 4.79 Å². The van der Waals surface area contributed by atoms with Crippen LogP contribution in [0.2, 0.25) is 0 Å². The Kier molecular flexibility index (Phi) is 6.93. The van der Waals surface area contributed by atoms with Crippen molar-refractivity contribution < 1.29 is 19.1 Å². The van der Waals surface area contributed by atoms with E-state index in [9.17, 15) is 14.7 Å². The van der Waals surface area contributed by atoms with Crippen LogP contribution in [0.15, 0.2) is 83.4 Å². The summed E-state index contributed by atoms with van der Waals surface area (Å²) in [5, 5.41) is 16.2. The van der Waals surface area contributed by atoms with Gasteiger partial charge in [-0.1, -0.05) is 25.1 Å². The molecule has 5 rings (SSSR count). The van der Waals surface area contributed by atoms with Crippen molar-refractivity contribution in [3.63, 3.8) is 0 Å². The van der Waals surface area contributed by atoms with E-state index in [1.807, 2.05) is 73.3 Å². The van der Waals surface area contributed by atoms with E-state index in [-0.39, 0.29) is 23.6 Å². The maximum absolute atomic E-state index is 11.9. The number of thiocarbonyl (C=S) groups is 1. The van der Waals surface area contributed by atoms with Gasteiger partial charge in [0.25, 0.3) is 0 Å². The van der Waals surface area contributed by atoms with Gasteiger partial charge in [-0.2, -0.15) is 0 Å². The van der Waals surface area contributed by atoms with E-state index in [2.05, 4.69) is 15.6 Å². The predicted molar refractivity (Wildman–Crippen MR) is 149 cm³/mol. The van der Waals surface area contributed by atoms with E-state index >= 15 is 0 Å². The summed E-state index contributed by atoms with van der Waals surface area (Å²) in [6, 6.07) is 21.2. The molecule has 0 aliphatic carbocycles. The number of nitrogens with zero attached hydrogens (tertiary/aromatic N) is 2. The van der Waals surface area contributed by atoms with Crippen molar-refractivity contribution in [2.24, 2.45) is 0 Å². The van der Waals surface area contributed by atoms with Crippen molar-refractivity contribution in [2.45, 2.75) is 32.4 Å². The molecule has 4 aromatic rings. The number of hydrogen-bond donors (Lipinski definition) is 3. The molecule has 192 valence electrons. The highest BCUT2D eigenvalue weighted by molar-refractivity contribution is 7.80. The summed E-state index contributed by atoms with van der Waals surface area (Å²) in [7, 11) is 0. The topological polar surface area (TPSA) is 108 Å². The molecule has 1 amide bonds. The van der Waals surface area contributed by atoms with E-state index < -0.39 is 5.97 Å². The van der Waals surface area contributed by atoms with Gasteiger partial charge in [0, 0.05) is 29.6 Å². The van der Waals surface area contributed by atoms with E-state index in [1.54, 1.807) is 24.4 Å². The van der Waals surface area contributed by atoms with E-state index in [0.717, 1.165) is 22.6 Å². The second-order valence-corrected chi connectivity index (χ2v) is 9.37. The minimum Gasteiger partial charge on any atom is -0.478 e. The van der Waals surface area contributed by atoms with E-state index in [0.29, 0.717) is 28.6 Å². The number of aryl methyl sites for hydroxylation is 1. The molecule has 2 atom stereocenters. The molecule has 0 spiro atoms. The molecule has 1 saturated heterocycles. The summed E-state index contributed by atoms with van der Waals surface area (Å²) in [5.41, 5.74) is 4.13. The molecule has 1 aliphatic rings. The number of carboxylic acids is 1. The third-order valence-electron chi connectivity index (χ3n) is 6.49. The van der Waals surface area contributed by atoms with Crippen LogP contribution in [0.4, 0.5) is 11.4 Å². The number of aromatic carboxylic acids is 1. The van der Waals surface area contributed by atoms with Crippen LogP contribution in [0.1, 0.15) is 52.8 Å². The van der Waals surface area contributed by atoms with Gasteiger partial charge in [0.15, 0.2) is 5.11 Å². The first-order chi connectivity index (χ1) is 18.4. The Bertz CT molecular complexity index is 1520. The van der Waals surface area contributed by atoms with Crippen LogP contribution in [-0.2, 0) is 4.79 Å². The first kappa shape index (κ1) is 25.2. The molecule has 38 heavy (non-hydrogen) atoms. The Balaban J connectivity index is 1.56. The molecule has 2 aromatic heterocycles. The molecule has 0 radical (unpaired) electrons. The summed E-state index contributed by atoms with van der Waals surface area (Å²) in [6.45, 7) is 3.75. The van der Waals surface area contributed by atoms with Gasteiger partial charge in [0.05, 0.1) is 17.3 Å². The summed E-state index contributed by atoms with van der Waals surface area (Å²) in [6.07, 6.45) is 2.13. The quantitative estimate of drug-likeness (QED) is 0.257. The number of carboxylic acid groups (broad SMARTS) is 1. The number of furan rings is 1. The van der Waals surface area contributed by atoms with Crippen molar-refractivity contribution in [3.05, 3.63) is 102 Å². The predicted octanol–water partition coefficient (Wildman–Crippen LogP) is 5.87. The second kappa shape index (κ2) is 10.5. The smallest absolute Gasteiger partial charge is 0.335 e. The van der Waals surface area contributed by atoms with Crippen LogP contribution in [0.25, 0.3) is 11.3 Å². The molecular formula is C29H26N4O4S. The van der Waals surface area contributed by atoms with Crippen LogP contribution in [0.3, 0.4) is 0 Å². The molecule has 0 bridgehead atoms. The zero-order valence-corrected chi connectivity index (χ0v) is 21.7. The Labute approximate surface area is 225 Å². The number of anilines is 2. The lowest BCUT2D eigenvalue weighted by Crippen LogP contribution is -2.29. The maximum Gasteiger partial charge on any atom is 0.335 e. The van der Waals surface area contributed by atoms with Crippen LogP contribution < -0.4 is 15.5 Å². The number of hydrogen-bond acceptors (Lipinski definition) is 5. The standard InChI is InChI=1S/C29H26N4O4S/c1-3-25(34)31-21-11-10-20(15-17(21)2)33-27(26(32-29(33)38)22-9-4-5-14-30-22)24-13-12-23(37-24)18-7-6-8-19(16-18)28(35)36/h4-16,26-27H,3H2,1-2H3,(H,31,34)(H,32,38)(H,35,36)/t26-,27-/m0/s1. The van der Waals surface area contributed by atoms with Gasteiger partial charge in [0.2, 0.25) is 5.91 Å². The van der Waals surface area contributed by atoms with Gasteiger partial charge in [-0.3, -0.25) is 9.78 Å². The van der Waals surface area contributed by atoms with E-state index in [4.69, 9.17) is 16.6 Å². The summed E-state index contributed by atoms with van der Waals surface area (Å²) >= 11 is 5.80. The van der Waals surface area contributed by atoms with Gasteiger partial charge < -0.3 is 25.1 Å². The molecular weight excluding hydrogens is 500 g/mol. The van der Waals surface area contributed by atoms with Crippen molar-refractivity contribution in [3.8, 4) is 11.3 Å². The van der Waals surface area contributed by atoms with Crippen molar-refractivity contribution >= 4 is 40.6 Å². The fourth-order valence-electron chi connectivity index (χ4n) is 4.57. The molecule has 0 saturated carbocycles.